The second kappa shape index (κ2) is 5.01. The highest BCUT2D eigenvalue weighted by atomic mass is 16.5. The number of anilines is 1. The summed E-state index contributed by atoms with van der Waals surface area (Å²) in [4.78, 5) is 13.8. The SMILES string of the molecule is COC(=O)[C@H]1CCCCN1c1ccccc1. The lowest BCUT2D eigenvalue weighted by Crippen LogP contribution is -2.45. The fourth-order valence-electron chi connectivity index (χ4n) is 2.24. The van der Waals surface area contributed by atoms with E-state index in [2.05, 4.69) is 4.90 Å². The van der Waals surface area contributed by atoms with Crippen LogP contribution < -0.4 is 4.90 Å². The van der Waals surface area contributed by atoms with Gasteiger partial charge in [-0.25, -0.2) is 4.79 Å². The normalized spacial score (nSPS) is 20.6. The van der Waals surface area contributed by atoms with Crippen molar-refractivity contribution >= 4 is 11.7 Å². The van der Waals surface area contributed by atoms with E-state index in [1.165, 1.54) is 7.11 Å². The van der Waals surface area contributed by atoms with E-state index in [4.69, 9.17) is 4.74 Å². The summed E-state index contributed by atoms with van der Waals surface area (Å²) in [6.45, 7) is 0.934. The number of nitrogens with zero attached hydrogens (tertiary/aromatic N) is 1. The van der Waals surface area contributed by atoms with Gasteiger partial charge in [-0.05, 0) is 31.4 Å². The van der Waals surface area contributed by atoms with Gasteiger partial charge in [-0.15, -0.1) is 0 Å². The molecule has 0 saturated carbocycles. The van der Waals surface area contributed by atoms with Gasteiger partial charge in [0.2, 0.25) is 0 Å². The molecular formula is C13H17NO2. The number of ether oxygens (including phenoxy) is 1. The van der Waals surface area contributed by atoms with Gasteiger partial charge in [-0.1, -0.05) is 18.2 Å². The van der Waals surface area contributed by atoms with Gasteiger partial charge in [0.15, 0.2) is 0 Å². The fraction of sp³-hybridized carbons (Fsp3) is 0.462. The van der Waals surface area contributed by atoms with Gasteiger partial charge < -0.3 is 9.64 Å². The minimum Gasteiger partial charge on any atom is -0.467 e. The number of carbonyl (C=O) groups excluding carboxylic acids is 1. The van der Waals surface area contributed by atoms with Crippen LogP contribution in [0.5, 0.6) is 0 Å². The van der Waals surface area contributed by atoms with Crippen LogP contribution >= 0.6 is 0 Å². The quantitative estimate of drug-likeness (QED) is 0.714. The first kappa shape index (κ1) is 11.0. The summed E-state index contributed by atoms with van der Waals surface area (Å²) >= 11 is 0. The molecule has 0 bridgehead atoms. The van der Waals surface area contributed by atoms with E-state index >= 15 is 0 Å². The minimum atomic E-state index is -0.122. The van der Waals surface area contributed by atoms with Crippen molar-refractivity contribution in [3.63, 3.8) is 0 Å². The van der Waals surface area contributed by atoms with Gasteiger partial charge >= 0.3 is 5.97 Å². The average molecular weight is 219 g/mol. The Morgan fingerprint density at radius 2 is 2.06 bits per heavy atom. The lowest BCUT2D eigenvalue weighted by atomic mass is 10.0. The molecule has 86 valence electrons. The Labute approximate surface area is 96.0 Å². The van der Waals surface area contributed by atoms with E-state index in [0.29, 0.717) is 0 Å². The van der Waals surface area contributed by atoms with E-state index < -0.39 is 0 Å². The lowest BCUT2D eigenvalue weighted by molar-refractivity contribution is -0.142. The molecule has 1 atom stereocenters. The van der Waals surface area contributed by atoms with Gasteiger partial charge in [-0.3, -0.25) is 0 Å². The molecule has 2 rings (SSSR count). The number of hydrogen-bond donors (Lipinski definition) is 0. The molecule has 1 aromatic carbocycles. The third kappa shape index (κ3) is 2.18. The Balaban J connectivity index is 2.20. The summed E-state index contributed by atoms with van der Waals surface area (Å²) in [7, 11) is 1.46. The molecule has 1 fully saturated rings. The van der Waals surface area contributed by atoms with E-state index in [9.17, 15) is 4.79 Å². The second-order valence-corrected chi connectivity index (χ2v) is 4.06. The summed E-state index contributed by atoms with van der Waals surface area (Å²) in [5, 5.41) is 0. The Kier molecular flexibility index (Phi) is 3.44. The Morgan fingerprint density at radius 1 is 1.31 bits per heavy atom. The van der Waals surface area contributed by atoms with Crippen LogP contribution in [-0.2, 0) is 9.53 Å². The number of piperidine rings is 1. The molecule has 3 heteroatoms. The van der Waals surface area contributed by atoms with Crippen molar-refractivity contribution in [2.24, 2.45) is 0 Å². The molecule has 1 aromatic rings. The summed E-state index contributed by atoms with van der Waals surface area (Å²) < 4.78 is 4.86. The number of para-hydroxylation sites is 1. The predicted molar refractivity (Wildman–Crippen MR) is 63.4 cm³/mol. The zero-order valence-electron chi connectivity index (χ0n) is 9.56. The first-order chi connectivity index (χ1) is 7.83. The third-order valence-electron chi connectivity index (χ3n) is 3.06. The van der Waals surface area contributed by atoms with Gasteiger partial charge in [0, 0.05) is 12.2 Å². The highest BCUT2D eigenvalue weighted by Gasteiger charge is 2.29. The van der Waals surface area contributed by atoms with Gasteiger partial charge in [0.1, 0.15) is 6.04 Å². The van der Waals surface area contributed by atoms with Crippen molar-refractivity contribution in [3.05, 3.63) is 30.3 Å². The zero-order valence-corrected chi connectivity index (χ0v) is 9.56. The highest BCUT2D eigenvalue weighted by Crippen LogP contribution is 2.24. The van der Waals surface area contributed by atoms with Crippen LogP contribution in [0.25, 0.3) is 0 Å². The van der Waals surface area contributed by atoms with E-state index in [1.54, 1.807) is 0 Å². The standard InChI is InChI=1S/C13H17NO2/c1-16-13(15)12-9-5-6-10-14(12)11-7-3-2-4-8-11/h2-4,7-8,12H,5-6,9-10H2,1H3/t12-/m1/s1. The maximum atomic E-state index is 11.7. The molecule has 3 nitrogen and oxygen atoms in total. The van der Waals surface area contributed by atoms with E-state index in [-0.39, 0.29) is 12.0 Å². The second-order valence-electron chi connectivity index (χ2n) is 4.06. The van der Waals surface area contributed by atoms with E-state index in [1.807, 2.05) is 30.3 Å². The first-order valence-electron chi connectivity index (χ1n) is 5.72. The molecule has 1 saturated heterocycles. The molecule has 0 amide bonds. The van der Waals surface area contributed by atoms with Crippen molar-refractivity contribution in [1.82, 2.24) is 0 Å². The van der Waals surface area contributed by atoms with Gasteiger partial charge in [0.05, 0.1) is 7.11 Å². The Morgan fingerprint density at radius 3 is 2.75 bits per heavy atom. The molecular weight excluding hydrogens is 202 g/mol. The van der Waals surface area contributed by atoms with Crippen LogP contribution in [0.4, 0.5) is 5.69 Å². The molecule has 1 aliphatic heterocycles. The van der Waals surface area contributed by atoms with Crippen molar-refractivity contribution in [2.45, 2.75) is 25.3 Å². The monoisotopic (exact) mass is 219 g/mol. The lowest BCUT2D eigenvalue weighted by Gasteiger charge is -2.35. The van der Waals surface area contributed by atoms with E-state index in [0.717, 1.165) is 31.5 Å². The van der Waals surface area contributed by atoms with Crippen molar-refractivity contribution < 1.29 is 9.53 Å². The molecule has 0 aromatic heterocycles. The molecule has 1 aliphatic rings. The summed E-state index contributed by atoms with van der Waals surface area (Å²) in [5.74, 6) is -0.122. The first-order valence-corrected chi connectivity index (χ1v) is 5.72. The minimum absolute atomic E-state index is 0.110. The summed E-state index contributed by atoms with van der Waals surface area (Å²) in [5.41, 5.74) is 1.11. The molecule has 16 heavy (non-hydrogen) atoms. The number of esters is 1. The Bertz CT molecular complexity index is 350. The topological polar surface area (TPSA) is 29.5 Å². The molecule has 0 radical (unpaired) electrons. The number of methoxy groups -OCH3 is 1. The number of hydrogen-bond acceptors (Lipinski definition) is 3. The summed E-state index contributed by atoms with van der Waals surface area (Å²) in [6, 6.07) is 9.96. The average Bonchev–Trinajstić information content (AvgIpc) is 2.39. The van der Waals surface area contributed by atoms with Crippen molar-refractivity contribution in [2.75, 3.05) is 18.6 Å². The number of carbonyl (C=O) groups is 1. The van der Waals surface area contributed by atoms with Gasteiger partial charge in [-0.2, -0.15) is 0 Å². The molecule has 0 N–H and O–H groups in total. The zero-order chi connectivity index (χ0) is 11.4. The Hall–Kier alpha value is -1.51. The largest absolute Gasteiger partial charge is 0.467 e. The predicted octanol–water partition coefficient (Wildman–Crippen LogP) is 2.22. The van der Waals surface area contributed by atoms with Crippen LogP contribution in [-0.4, -0.2) is 25.7 Å². The van der Waals surface area contributed by atoms with Crippen LogP contribution in [0.2, 0.25) is 0 Å². The van der Waals surface area contributed by atoms with Gasteiger partial charge in [0.25, 0.3) is 0 Å². The summed E-state index contributed by atoms with van der Waals surface area (Å²) in [6.07, 6.45) is 3.13. The maximum Gasteiger partial charge on any atom is 0.328 e. The number of rotatable bonds is 2. The molecule has 0 unspecified atom stereocenters. The molecule has 0 aliphatic carbocycles. The number of benzene rings is 1. The third-order valence-corrected chi connectivity index (χ3v) is 3.06. The van der Waals surface area contributed by atoms with Crippen molar-refractivity contribution in [1.29, 1.82) is 0 Å². The van der Waals surface area contributed by atoms with Crippen molar-refractivity contribution in [3.8, 4) is 0 Å². The van der Waals surface area contributed by atoms with Crippen LogP contribution in [0.15, 0.2) is 30.3 Å². The van der Waals surface area contributed by atoms with Crippen LogP contribution in [0.1, 0.15) is 19.3 Å². The fourth-order valence-corrected chi connectivity index (χ4v) is 2.24. The molecule has 1 heterocycles. The molecule has 0 spiro atoms. The smallest absolute Gasteiger partial charge is 0.328 e. The van der Waals surface area contributed by atoms with Crippen LogP contribution in [0.3, 0.4) is 0 Å². The highest BCUT2D eigenvalue weighted by molar-refractivity contribution is 5.80. The maximum absolute atomic E-state index is 11.7. The van der Waals surface area contributed by atoms with Crippen LogP contribution in [0, 0.1) is 0 Å².